The fraction of sp³-hybridized carbons (Fsp3) is 0.400. The molecular weight excluding hydrogens is 256 g/mol. The molecule has 98 valence electrons. The molecule has 0 aromatic carbocycles. The zero-order valence-electron chi connectivity index (χ0n) is 10.1. The smallest absolute Gasteiger partial charge is 0.244 e. The molecular formula is C10H14N4O3S. The van der Waals surface area contributed by atoms with Gasteiger partial charge in [0.25, 0.3) is 0 Å². The molecule has 0 amide bonds. The normalized spacial score (nSPS) is 11.9. The van der Waals surface area contributed by atoms with Crippen LogP contribution >= 0.6 is 0 Å². The van der Waals surface area contributed by atoms with E-state index in [2.05, 4.69) is 19.9 Å². The maximum Gasteiger partial charge on any atom is 0.244 e. The van der Waals surface area contributed by atoms with Crippen LogP contribution in [0.4, 0.5) is 0 Å². The number of aryl methyl sites for hydroxylation is 2. The summed E-state index contributed by atoms with van der Waals surface area (Å²) in [5, 5.41) is 6.52. The summed E-state index contributed by atoms with van der Waals surface area (Å²) in [6, 6.07) is 0. The molecule has 2 aromatic heterocycles. The molecule has 0 aliphatic heterocycles. The van der Waals surface area contributed by atoms with Crippen molar-refractivity contribution in [3.05, 3.63) is 29.7 Å². The van der Waals surface area contributed by atoms with Crippen molar-refractivity contribution in [3.63, 3.8) is 0 Å². The van der Waals surface area contributed by atoms with Gasteiger partial charge in [-0.2, -0.15) is 5.10 Å². The molecule has 2 aromatic rings. The fourth-order valence-corrected chi connectivity index (χ4v) is 3.08. The maximum absolute atomic E-state index is 12.0. The Kier molecular flexibility index (Phi) is 3.48. The van der Waals surface area contributed by atoms with E-state index in [0.717, 1.165) is 0 Å². The molecule has 18 heavy (non-hydrogen) atoms. The van der Waals surface area contributed by atoms with Crippen LogP contribution in [-0.2, 0) is 16.4 Å². The SMILES string of the molecule is Cc1n[nH]c(C)c1S(=O)(=O)NCCc1cocn1. The van der Waals surface area contributed by atoms with E-state index in [1.54, 1.807) is 13.8 Å². The number of aromatic nitrogens is 3. The van der Waals surface area contributed by atoms with Crippen LogP contribution in [0.15, 0.2) is 22.0 Å². The molecule has 0 saturated heterocycles. The second kappa shape index (κ2) is 4.91. The largest absolute Gasteiger partial charge is 0.451 e. The number of aromatic amines is 1. The molecule has 8 heteroatoms. The fourth-order valence-electron chi connectivity index (χ4n) is 1.68. The number of sulfonamides is 1. The van der Waals surface area contributed by atoms with Crippen LogP contribution in [0, 0.1) is 13.8 Å². The summed E-state index contributed by atoms with van der Waals surface area (Å²) in [6.45, 7) is 3.58. The van der Waals surface area contributed by atoms with Gasteiger partial charge in [0.15, 0.2) is 6.39 Å². The number of oxazole rings is 1. The highest BCUT2D eigenvalue weighted by Crippen LogP contribution is 2.15. The van der Waals surface area contributed by atoms with Gasteiger partial charge in [0.05, 0.1) is 17.1 Å². The van der Waals surface area contributed by atoms with Crippen LogP contribution in [-0.4, -0.2) is 30.1 Å². The van der Waals surface area contributed by atoms with Crippen molar-refractivity contribution >= 4 is 10.0 Å². The van der Waals surface area contributed by atoms with Gasteiger partial charge in [-0.1, -0.05) is 0 Å². The summed E-state index contributed by atoms with van der Waals surface area (Å²) in [4.78, 5) is 4.12. The first-order valence-corrected chi connectivity index (χ1v) is 6.87. The standard InChI is InChI=1S/C10H14N4O3S/c1-7-10(8(2)14-13-7)18(15,16)12-4-3-9-5-17-6-11-9/h5-6,12H,3-4H2,1-2H3,(H,13,14). The quantitative estimate of drug-likeness (QED) is 0.825. The Balaban J connectivity index is 2.04. The second-order valence-corrected chi connectivity index (χ2v) is 5.59. The van der Waals surface area contributed by atoms with Crippen LogP contribution in [0.3, 0.4) is 0 Å². The molecule has 2 heterocycles. The van der Waals surface area contributed by atoms with E-state index in [4.69, 9.17) is 4.42 Å². The van der Waals surface area contributed by atoms with Gasteiger partial charge in [0.2, 0.25) is 10.0 Å². The van der Waals surface area contributed by atoms with Gasteiger partial charge < -0.3 is 4.42 Å². The zero-order valence-corrected chi connectivity index (χ0v) is 10.9. The van der Waals surface area contributed by atoms with Gasteiger partial charge in [-0.15, -0.1) is 0 Å². The molecule has 0 saturated carbocycles. The maximum atomic E-state index is 12.0. The van der Waals surface area contributed by atoms with Crippen LogP contribution in [0.2, 0.25) is 0 Å². The third-order valence-electron chi connectivity index (χ3n) is 2.49. The minimum atomic E-state index is -3.53. The first kappa shape index (κ1) is 12.8. The van der Waals surface area contributed by atoms with Crippen LogP contribution in [0.25, 0.3) is 0 Å². The monoisotopic (exact) mass is 270 g/mol. The lowest BCUT2D eigenvalue weighted by Crippen LogP contribution is -2.26. The predicted octanol–water partition coefficient (Wildman–Crippen LogP) is 0.536. The molecule has 2 N–H and O–H groups in total. The van der Waals surface area contributed by atoms with E-state index in [1.165, 1.54) is 12.7 Å². The van der Waals surface area contributed by atoms with E-state index >= 15 is 0 Å². The lowest BCUT2D eigenvalue weighted by atomic mass is 10.3. The number of H-pyrrole nitrogens is 1. The van der Waals surface area contributed by atoms with E-state index < -0.39 is 10.0 Å². The lowest BCUT2D eigenvalue weighted by molar-refractivity contribution is 0.555. The van der Waals surface area contributed by atoms with Crippen LogP contribution < -0.4 is 4.72 Å². The van der Waals surface area contributed by atoms with Crippen LogP contribution in [0.5, 0.6) is 0 Å². The highest BCUT2D eigenvalue weighted by atomic mass is 32.2. The number of rotatable bonds is 5. The minimum Gasteiger partial charge on any atom is -0.451 e. The summed E-state index contributed by atoms with van der Waals surface area (Å²) in [6.07, 6.45) is 3.28. The Bertz CT molecular complexity index is 596. The number of nitrogens with zero attached hydrogens (tertiary/aromatic N) is 2. The Morgan fingerprint density at radius 2 is 2.22 bits per heavy atom. The molecule has 0 aliphatic rings. The van der Waals surface area contributed by atoms with E-state index in [0.29, 0.717) is 23.5 Å². The van der Waals surface area contributed by atoms with Crippen molar-refractivity contribution in [3.8, 4) is 0 Å². The molecule has 0 atom stereocenters. The van der Waals surface area contributed by atoms with Crippen molar-refractivity contribution in [2.45, 2.75) is 25.2 Å². The Labute approximate surface area is 105 Å². The molecule has 0 spiro atoms. The van der Waals surface area contributed by atoms with Gasteiger partial charge in [-0.05, 0) is 13.8 Å². The average Bonchev–Trinajstić information content (AvgIpc) is 2.89. The van der Waals surface area contributed by atoms with Gasteiger partial charge >= 0.3 is 0 Å². The van der Waals surface area contributed by atoms with E-state index in [1.807, 2.05) is 0 Å². The van der Waals surface area contributed by atoms with Crippen LogP contribution in [0.1, 0.15) is 17.1 Å². The molecule has 0 radical (unpaired) electrons. The lowest BCUT2D eigenvalue weighted by Gasteiger charge is -2.05. The van der Waals surface area contributed by atoms with Crippen molar-refractivity contribution in [1.82, 2.24) is 19.9 Å². The summed E-state index contributed by atoms with van der Waals surface area (Å²) in [5.74, 6) is 0. The van der Waals surface area contributed by atoms with E-state index in [-0.39, 0.29) is 11.4 Å². The number of hydrogen-bond donors (Lipinski definition) is 2. The third kappa shape index (κ3) is 2.59. The van der Waals surface area contributed by atoms with Crippen molar-refractivity contribution < 1.29 is 12.8 Å². The highest BCUT2D eigenvalue weighted by Gasteiger charge is 2.21. The minimum absolute atomic E-state index is 0.211. The number of hydrogen-bond acceptors (Lipinski definition) is 5. The summed E-state index contributed by atoms with van der Waals surface area (Å²) < 4.78 is 31.4. The van der Waals surface area contributed by atoms with E-state index in [9.17, 15) is 8.42 Å². The molecule has 0 fully saturated rings. The van der Waals surface area contributed by atoms with Gasteiger partial charge in [0, 0.05) is 13.0 Å². The van der Waals surface area contributed by atoms with Crippen molar-refractivity contribution in [2.75, 3.05) is 6.54 Å². The average molecular weight is 270 g/mol. The molecule has 0 unspecified atom stereocenters. The van der Waals surface area contributed by atoms with Crippen molar-refractivity contribution in [1.29, 1.82) is 0 Å². The predicted molar refractivity (Wildman–Crippen MR) is 63.5 cm³/mol. The Morgan fingerprint density at radius 3 is 2.78 bits per heavy atom. The first-order chi connectivity index (χ1) is 8.50. The molecule has 0 bridgehead atoms. The van der Waals surface area contributed by atoms with Gasteiger partial charge in [-0.25, -0.2) is 18.1 Å². The molecule has 7 nitrogen and oxygen atoms in total. The first-order valence-electron chi connectivity index (χ1n) is 5.39. The summed E-state index contributed by atoms with van der Waals surface area (Å²) >= 11 is 0. The van der Waals surface area contributed by atoms with Crippen molar-refractivity contribution in [2.24, 2.45) is 0 Å². The Hall–Kier alpha value is -1.67. The molecule has 0 aliphatic carbocycles. The van der Waals surface area contributed by atoms with Gasteiger partial charge in [-0.3, -0.25) is 5.10 Å². The molecule has 2 rings (SSSR count). The van der Waals surface area contributed by atoms with Gasteiger partial charge in [0.1, 0.15) is 11.2 Å². The number of nitrogens with one attached hydrogen (secondary N) is 2. The second-order valence-electron chi connectivity index (χ2n) is 3.89. The highest BCUT2D eigenvalue weighted by molar-refractivity contribution is 7.89. The topological polar surface area (TPSA) is 101 Å². The zero-order chi connectivity index (χ0) is 13.2. The Morgan fingerprint density at radius 1 is 1.44 bits per heavy atom. The third-order valence-corrected chi connectivity index (χ3v) is 4.21. The summed E-state index contributed by atoms with van der Waals surface area (Å²) in [5.41, 5.74) is 1.70. The summed E-state index contributed by atoms with van der Waals surface area (Å²) in [7, 11) is -3.53.